The van der Waals surface area contributed by atoms with Crippen molar-refractivity contribution < 1.29 is 87.2 Å². The monoisotopic (exact) mass is 543 g/mol. The van der Waals surface area contributed by atoms with E-state index in [-0.39, 0.29) is 6.92 Å². The lowest BCUT2D eigenvalue weighted by molar-refractivity contribution is -0.458. The van der Waals surface area contributed by atoms with E-state index in [1.165, 1.54) is 0 Å². The summed E-state index contributed by atoms with van der Waals surface area (Å²) in [7, 11) is -7.58. The van der Waals surface area contributed by atoms with Crippen LogP contribution in [-0.4, -0.2) is 61.6 Å². The highest BCUT2D eigenvalue weighted by Gasteiger charge is 2.96. The van der Waals surface area contributed by atoms with E-state index in [4.69, 9.17) is 0 Å². The van der Waals surface area contributed by atoms with Gasteiger partial charge in [-0.3, -0.25) is 0 Å². The van der Waals surface area contributed by atoms with E-state index in [1.807, 2.05) is 0 Å². The Morgan fingerprint density at radius 3 is 1.06 bits per heavy atom. The molecule has 0 rings (SSSR count). The van der Waals surface area contributed by atoms with Gasteiger partial charge in [0.2, 0.25) is 0 Å². The maximum Gasteiger partial charge on any atom is 0.460 e. The second kappa shape index (κ2) is 7.60. The topological polar surface area (TPSA) is 69.4 Å². The van der Waals surface area contributed by atoms with Crippen LogP contribution in [0.4, 0.5) is 74.6 Å². The van der Waals surface area contributed by atoms with Crippen molar-refractivity contribution in [1.82, 2.24) is 0 Å². The van der Waals surface area contributed by atoms with Crippen LogP contribution in [0.15, 0.2) is 0 Å². The molecule has 1 atom stereocenters. The second-order valence-corrected chi connectivity index (χ2v) is 7.33. The second-order valence-electron chi connectivity index (χ2n) is 5.72. The number of halogens is 17. The molecule has 32 heavy (non-hydrogen) atoms. The summed E-state index contributed by atoms with van der Waals surface area (Å²) >= 11 is 0. The lowest BCUT2D eigenvalue weighted by Crippen LogP contribution is -2.75. The standard InChI is InChI=1S/C10H6F17NO3S/c1-2(28)31-32(29,30)10(26,27)8(21,22)6(17,18)4(13,14)3(11,12)5(15,16)7(19,20)9(23,24)25/h2H,28H2,1H3. The first-order valence-corrected chi connectivity index (χ1v) is 8.22. The van der Waals surface area contributed by atoms with Gasteiger partial charge in [0, 0.05) is 0 Å². The molecule has 1 unspecified atom stereocenters. The van der Waals surface area contributed by atoms with E-state index < -0.39 is 63.3 Å². The van der Waals surface area contributed by atoms with E-state index in [9.17, 15) is 83.1 Å². The van der Waals surface area contributed by atoms with E-state index in [0.29, 0.717) is 0 Å². The average Bonchev–Trinajstić information content (AvgIpc) is 2.51. The van der Waals surface area contributed by atoms with Crippen molar-refractivity contribution in [2.24, 2.45) is 5.73 Å². The van der Waals surface area contributed by atoms with Gasteiger partial charge in [0.15, 0.2) is 0 Å². The van der Waals surface area contributed by atoms with Crippen molar-refractivity contribution in [1.29, 1.82) is 0 Å². The lowest BCUT2D eigenvalue weighted by atomic mass is 9.91. The quantitative estimate of drug-likeness (QED) is 0.262. The number of nitrogens with two attached hydrogens (primary N) is 1. The maximum atomic E-state index is 13.4. The molecule has 0 aliphatic heterocycles. The van der Waals surface area contributed by atoms with E-state index >= 15 is 0 Å². The highest BCUT2D eigenvalue weighted by Crippen LogP contribution is 2.64. The fourth-order valence-corrected chi connectivity index (χ4v) is 2.53. The molecule has 0 amide bonds. The molecule has 0 radical (unpaired) electrons. The zero-order valence-corrected chi connectivity index (χ0v) is 15.0. The number of alkyl halides is 17. The third-order valence-electron chi connectivity index (χ3n) is 3.29. The van der Waals surface area contributed by atoms with Crippen molar-refractivity contribution in [2.75, 3.05) is 0 Å². The van der Waals surface area contributed by atoms with Gasteiger partial charge in [-0.2, -0.15) is 83.1 Å². The largest absolute Gasteiger partial charge is 0.460 e. The van der Waals surface area contributed by atoms with Crippen LogP contribution in [0.2, 0.25) is 0 Å². The van der Waals surface area contributed by atoms with Crippen LogP contribution in [0.5, 0.6) is 0 Å². The summed E-state index contributed by atoms with van der Waals surface area (Å²) in [6, 6.07) is 0. The Kier molecular flexibility index (Phi) is 7.29. The minimum atomic E-state index is -8.88. The summed E-state index contributed by atoms with van der Waals surface area (Å²) in [6.07, 6.45) is -10.5. The van der Waals surface area contributed by atoms with E-state index in [0.717, 1.165) is 0 Å². The predicted octanol–water partition coefficient (Wildman–Crippen LogP) is 4.60. The lowest BCUT2D eigenvalue weighted by Gasteiger charge is -2.42. The Labute approximate surface area is 164 Å². The Bertz CT molecular complexity index is 800. The molecule has 0 aliphatic carbocycles. The fraction of sp³-hybridized carbons (Fsp3) is 1.00. The zero-order chi connectivity index (χ0) is 26.8. The van der Waals surface area contributed by atoms with Gasteiger partial charge in [-0.05, 0) is 6.92 Å². The Hall–Kier alpha value is -1.32. The zero-order valence-electron chi connectivity index (χ0n) is 14.2. The summed E-state index contributed by atoms with van der Waals surface area (Å²) < 4.78 is 245. The molecule has 0 fully saturated rings. The van der Waals surface area contributed by atoms with Crippen LogP contribution in [0, 0.1) is 0 Å². The molecular weight excluding hydrogens is 537 g/mol. The Morgan fingerprint density at radius 1 is 0.562 bits per heavy atom. The highest BCUT2D eigenvalue weighted by atomic mass is 32.2. The van der Waals surface area contributed by atoms with Gasteiger partial charge >= 0.3 is 57.1 Å². The molecule has 0 spiro atoms. The molecule has 0 heterocycles. The van der Waals surface area contributed by atoms with Gasteiger partial charge in [-0.15, -0.1) is 0 Å². The normalized spacial score (nSPS) is 17.5. The molecule has 0 aromatic heterocycles. The van der Waals surface area contributed by atoms with Gasteiger partial charge in [-0.1, -0.05) is 0 Å². The van der Waals surface area contributed by atoms with Crippen LogP contribution in [-0.2, 0) is 14.3 Å². The Balaban J connectivity index is 6.92. The summed E-state index contributed by atoms with van der Waals surface area (Å²) in [6.45, 7) is 0.229. The minimum Gasteiger partial charge on any atom is -0.305 e. The predicted molar refractivity (Wildman–Crippen MR) is 64.3 cm³/mol. The van der Waals surface area contributed by atoms with Crippen LogP contribution >= 0.6 is 0 Å². The molecule has 0 aliphatic rings. The minimum absolute atomic E-state index is 0.229. The maximum absolute atomic E-state index is 13.4. The van der Waals surface area contributed by atoms with Crippen LogP contribution in [0.25, 0.3) is 0 Å². The van der Waals surface area contributed by atoms with Crippen molar-refractivity contribution in [3.05, 3.63) is 0 Å². The van der Waals surface area contributed by atoms with E-state index in [1.54, 1.807) is 0 Å². The first-order chi connectivity index (χ1) is 13.4. The van der Waals surface area contributed by atoms with Gasteiger partial charge in [-0.25, -0.2) is 4.18 Å². The highest BCUT2D eigenvalue weighted by molar-refractivity contribution is 7.87. The molecule has 0 saturated carbocycles. The summed E-state index contributed by atoms with van der Waals surface area (Å²) in [4.78, 5) is 0. The van der Waals surface area contributed by atoms with Gasteiger partial charge < -0.3 is 5.73 Å². The van der Waals surface area contributed by atoms with Crippen molar-refractivity contribution >= 4 is 10.1 Å². The van der Waals surface area contributed by atoms with E-state index in [2.05, 4.69) is 9.92 Å². The third kappa shape index (κ3) is 3.84. The molecule has 4 nitrogen and oxygen atoms in total. The van der Waals surface area contributed by atoms with Crippen molar-refractivity contribution in [3.63, 3.8) is 0 Å². The number of rotatable bonds is 9. The molecule has 0 aromatic rings. The molecule has 0 saturated heterocycles. The molecular formula is C10H6F17NO3S. The third-order valence-corrected chi connectivity index (χ3v) is 4.73. The molecule has 0 bridgehead atoms. The van der Waals surface area contributed by atoms with Crippen LogP contribution in [0.3, 0.4) is 0 Å². The summed E-state index contributed by atoms with van der Waals surface area (Å²) in [5.74, 6) is -51.9. The molecule has 22 heteroatoms. The van der Waals surface area contributed by atoms with Crippen molar-refractivity contribution in [2.45, 2.75) is 60.1 Å². The average molecular weight is 543 g/mol. The summed E-state index contributed by atoms with van der Waals surface area (Å²) in [5, 5.41) is -7.71. The SMILES string of the molecule is CC(N)OS(=O)(=O)C(F)(F)C(F)(F)C(F)(F)C(F)(F)C(F)(F)C(F)(F)C(F)(F)C(F)(F)F. The smallest absolute Gasteiger partial charge is 0.305 e. The fourth-order valence-electron chi connectivity index (χ4n) is 1.57. The van der Waals surface area contributed by atoms with Gasteiger partial charge in [0.05, 0.1) is 0 Å². The summed E-state index contributed by atoms with van der Waals surface area (Å²) in [5.41, 5.74) is 4.40. The van der Waals surface area contributed by atoms with Gasteiger partial charge in [0.1, 0.15) is 6.23 Å². The number of hydrogen-bond donors (Lipinski definition) is 1. The Morgan fingerprint density at radius 2 is 0.812 bits per heavy atom. The van der Waals surface area contributed by atoms with Crippen molar-refractivity contribution in [3.8, 4) is 0 Å². The first kappa shape index (κ1) is 30.7. The van der Waals surface area contributed by atoms with Crippen LogP contribution < -0.4 is 5.73 Å². The molecule has 2 N–H and O–H groups in total. The van der Waals surface area contributed by atoms with Gasteiger partial charge in [0.25, 0.3) is 0 Å². The number of hydrogen-bond acceptors (Lipinski definition) is 4. The molecule has 0 aromatic carbocycles. The van der Waals surface area contributed by atoms with Crippen LogP contribution in [0.1, 0.15) is 6.92 Å². The molecule has 194 valence electrons. The first-order valence-electron chi connectivity index (χ1n) is 6.81.